The van der Waals surface area contributed by atoms with Gasteiger partial charge in [-0.15, -0.1) is 0 Å². The van der Waals surface area contributed by atoms with Gasteiger partial charge in [-0.05, 0) is 6.42 Å². The highest BCUT2D eigenvalue weighted by Gasteiger charge is 2.12. The molecule has 1 atom stereocenters. The van der Waals surface area contributed by atoms with Crippen molar-refractivity contribution in [1.82, 2.24) is 10.1 Å². The van der Waals surface area contributed by atoms with Gasteiger partial charge in [0.15, 0.2) is 5.82 Å². The molecule has 0 fully saturated rings. The summed E-state index contributed by atoms with van der Waals surface area (Å²) in [5.74, 6) is 1.46. The van der Waals surface area contributed by atoms with Gasteiger partial charge in [0, 0.05) is 6.42 Å². The molecule has 11 heavy (non-hydrogen) atoms. The monoisotopic (exact) mass is 218 g/mol. The van der Waals surface area contributed by atoms with Crippen LogP contribution in [0, 0.1) is 0 Å². The molecular formula is C7H11BrN2O. The van der Waals surface area contributed by atoms with Gasteiger partial charge in [-0.25, -0.2) is 0 Å². The lowest BCUT2D eigenvalue weighted by Gasteiger charge is -1.95. The van der Waals surface area contributed by atoms with E-state index in [0.29, 0.717) is 5.89 Å². The third-order valence-corrected chi connectivity index (χ3v) is 2.47. The lowest BCUT2D eigenvalue weighted by Crippen LogP contribution is -1.88. The van der Waals surface area contributed by atoms with Crippen molar-refractivity contribution in [2.45, 2.75) is 31.5 Å². The van der Waals surface area contributed by atoms with E-state index in [1.807, 2.05) is 6.92 Å². The van der Waals surface area contributed by atoms with Crippen LogP contribution in [0.2, 0.25) is 0 Å². The maximum absolute atomic E-state index is 5.00. The number of rotatable bonds is 3. The van der Waals surface area contributed by atoms with Crippen molar-refractivity contribution in [3.05, 3.63) is 11.7 Å². The smallest absolute Gasteiger partial charge is 0.240 e. The van der Waals surface area contributed by atoms with Crippen molar-refractivity contribution >= 4 is 15.9 Å². The SMILES string of the molecule is CCc1noc(C(Br)CC)n1. The number of aryl methyl sites for hydroxylation is 1. The second-order valence-corrected chi connectivity index (χ2v) is 3.38. The van der Waals surface area contributed by atoms with Crippen LogP contribution in [0.3, 0.4) is 0 Å². The fourth-order valence-electron chi connectivity index (χ4n) is 0.713. The fourth-order valence-corrected chi connectivity index (χ4v) is 0.899. The molecule has 0 aliphatic heterocycles. The lowest BCUT2D eigenvalue weighted by atomic mass is 10.3. The first-order valence-corrected chi connectivity index (χ1v) is 4.66. The fraction of sp³-hybridized carbons (Fsp3) is 0.714. The van der Waals surface area contributed by atoms with Crippen molar-refractivity contribution in [3.8, 4) is 0 Å². The summed E-state index contributed by atoms with van der Waals surface area (Å²) in [5.41, 5.74) is 0. The molecule has 0 N–H and O–H groups in total. The summed E-state index contributed by atoms with van der Waals surface area (Å²) in [4.78, 5) is 4.38. The Kier molecular flexibility index (Phi) is 3.05. The molecule has 0 aromatic carbocycles. The molecule has 1 heterocycles. The van der Waals surface area contributed by atoms with Gasteiger partial charge >= 0.3 is 0 Å². The highest BCUT2D eigenvalue weighted by atomic mass is 79.9. The number of alkyl halides is 1. The van der Waals surface area contributed by atoms with Gasteiger partial charge in [0.1, 0.15) is 0 Å². The molecule has 0 bridgehead atoms. The van der Waals surface area contributed by atoms with Gasteiger partial charge in [0.25, 0.3) is 0 Å². The van der Waals surface area contributed by atoms with Crippen LogP contribution < -0.4 is 0 Å². The number of aromatic nitrogens is 2. The zero-order valence-electron chi connectivity index (χ0n) is 6.67. The van der Waals surface area contributed by atoms with Crippen LogP contribution in [0.1, 0.15) is 36.8 Å². The summed E-state index contributed by atoms with van der Waals surface area (Å²) >= 11 is 3.43. The van der Waals surface area contributed by atoms with E-state index in [2.05, 4.69) is 33.0 Å². The Morgan fingerprint density at radius 3 is 2.73 bits per heavy atom. The van der Waals surface area contributed by atoms with Gasteiger partial charge < -0.3 is 4.52 Å². The van der Waals surface area contributed by atoms with E-state index >= 15 is 0 Å². The molecule has 3 nitrogen and oxygen atoms in total. The molecule has 1 unspecified atom stereocenters. The first-order chi connectivity index (χ1) is 5.27. The van der Waals surface area contributed by atoms with Gasteiger partial charge in [-0.3, -0.25) is 0 Å². The molecule has 1 aromatic heterocycles. The molecule has 0 aliphatic carbocycles. The second kappa shape index (κ2) is 3.85. The summed E-state index contributed by atoms with van der Waals surface area (Å²) < 4.78 is 5.00. The van der Waals surface area contributed by atoms with Crippen molar-refractivity contribution in [2.24, 2.45) is 0 Å². The second-order valence-electron chi connectivity index (χ2n) is 2.28. The topological polar surface area (TPSA) is 38.9 Å². The largest absolute Gasteiger partial charge is 0.338 e. The third-order valence-electron chi connectivity index (χ3n) is 1.43. The maximum atomic E-state index is 5.00. The quantitative estimate of drug-likeness (QED) is 0.733. The van der Waals surface area contributed by atoms with Crippen molar-refractivity contribution in [1.29, 1.82) is 0 Å². The summed E-state index contributed by atoms with van der Waals surface area (Å²) in [7, 11) is 0. The molecule has 62 valence electrons. The van der Waals surface area contributed by atoms with Crippen LogP contribution in [-0.4, -0.2) is 10.1 Å². The predicted octanol–water partition coefficient (Wildman–Crippen LogP) is 2.48. The Balaban J connectivity index is 2.71. The first kappa shape index (κ1) is 8.71. The van der Waals surface area contributed by atoms with Crippen LogP contribution in [-0.2, 0) is 6.42 Å². The van der Waals surface area contributed by atoms with Gasteiger partial charge in [0.05, 0.1) is 4.83 Å². The Morgan fingerprint density at radius 2 is 2.27 bits per heavy atom. The minimum absolute atomic E-state index is 0.204. The van der Waals surface area contributed by atoms with Crippen LogP contribution in [0.4, 0.5) is 0 Å². The predicted molar refractivity (Wildman–Crippen MR) is 45.6 cm³/mol. The third kappa shape index (κ3) is 2.02. The Hall–Kier alpha value is -0.380. The van der Waals surface area contributed by atoms with Crippen LogP contribution >= 0.6 is 15.9 Å². The van der Waals surface area contributed by atoms with E-state index in [-0.39, 0.29) is 4.83 Å². The van der Waals surface area contributed by atoms with Crippen molar-refractivity contribution in [2.75, 3.05) is 0 Å². The van der Waals surface area contributed by atoms with Crippen molar-refractivity contribution < 1.29 is 4.52 Å². The molecular weight excluding hydrogens is 208 g/mol. The average molecular weight is 219 g/mol. The van der Waals surface area contributed by atoms with E-state index in [1.54, 1.807) is 0 Å². The number of halogens is 1. The number of hydrogen-bond donors (Lipinski definition) is 0. The standard InChI is InChI=1S/C7H11BrN2O/c1-3-5(8)7-9-6(4-2)10-11-7/h5H,3-4H2,1-2H3. The molecule has 0 spiro atoms. The Bertz CT molecular complexity index is 224. The Morgan fingerprint density at radius 1 is 1.55 bits per heavy atom. The maximum Gasteiger partial charge on any atom is 0.240 e. The molecule has 0 saturated carbocycles. The van der Waals surface area contributed by atoms with E-state index in [0.717, 1.165) is 18.7 Å². The lowest BCUT2D eigenvalue weighted by molar-refractivity contribution is 0.371. The molecule has 0 radical (unpaired) electrons. The minimum Gasteiger partial charge on any atom is -0.338 e. The first-order valence-electron chi connectivity index (χ1n) is 3.74. The highest BCUT2D eigenvalue weighted by molar-refractivity contribution is 9.09. The minimum atomic E-state index is 0.204. The van der Waals surface area contributed by atoms with E-state index < -0.39 is 0 Å². The highest BCUT2D eigenvalue weighted by Crippen LogP contribution is 2.23. The molecule has 1 aromatic rings. The van der Waals surface area contributed by atoms with Crippen LogP contribution in [0.5, 0.6) is 0 Å². The summed E-state index contributed by atoms with van der Waals surface area (Å²) in [6.07, 6.45) is 1.79. The zero-order chi connectivity index (χ0) is 8.27. The molecule has 4 heteroatoms. The zero-order valence-corrected chi connectivity index (χ0v) is 8.26. The molecule has 0 saturated heterocycles. The van der Waals surface area contributed by atoms with E-state index in [1.165, 1.54) is 0 Å². The van der Waals surface area contributed by atoms with Gasteiger partial charge in [0.2, 0.25) is 5.89 Å². The Labute approximate surface area is 74.3 Å². The van der Waals surface area contributed by atoms with Gasteiger partial charge in [-0.2, -0.15) is 4.98 Å². The van der Waals surface area contributed by atoms with Gasteiger partial charge in [-0.1, -0.05) is 34.9 Å². The van der Waals surface area contributed by atoms with Crippen LogP contribution in [0.15, 0.2) is 4.52 Å². The molecule has 0 amide bonds. The molecule has 0 aliphatic rings. The summed E-state index contributed by atoms with van der Waals surface area (Å²) in [5, 5.41) is 3.79. The normalized spacial score (nSPS) is 13.4. The summed E-state index contributed by atoms with van der Waals surface area (Å²) in [6, 6.07) is 0. The molecule has 1 rings (SSSR count). The van der Waals surface area contributed by atoms with E-state index in [9.17, 15) is 0 Å². The average Bonchev–Trinajstić information content (AvgIpc) is 2.50. The number of hydrogen-bond acceptors (Lipinski definition) is 3. The number of nitrogens with zero attached hydrogens (tertiary/aromatic N) is 2. The summed E-state index contributed by atoms with van der Waals surface area (Å²) in [6.45, 7) is 4.07. The van der Waals surface area contributed by atoms with E-state index in [4.69, 9.17) is 4.52 Å². The van der Waals surface area contributed by atoms with Crippen molar-refractivity contribution in [3.63, 3.8) is 0 Å². The van der Waals surface area contributed by atoms with Crippen LogP contribution in [0.25, 0.3) is 0 Å².